The lowest BCUT2D eigenvalue weighted by Gasteiger charge is -2.27. The fourth-order valence-electron chi connectivity index (χ4n) is 5.99. The molecule has 1 aromatic carbocycles. The number of pyridine rings is 2. The number of morpholine rings is 1. The van der Waals surface area contributed by atoms with Crippen LogP contribution < -0.4 is 16.7 Å². The number of carbonyl (C=O) groups is 2. The van der Waals surface area contributed by atoms with Crippen molar-refractivity contribution in [3.63, 3.8) is 0 Å². The summed E-state index contributed by atoms with van der Waals surface area (Å²) in [6, 6.07) is 4.96. The van der Waals surface area contributed by atoms with Crippen molar-refractivity contribution in [1.82, 2.24) is 24.0 Å². The fraction of sp³-hybridized carbons (Fsp3) is 0.433. The van der Waals surface area contributed by atoms with Crippen LogP contribution in [0.4, 0.5) is 29.6 Å². The molecule has 1 saturated heterocycles. The number of amides is 2. The Morgan fingerprint density at radius 1 is 1.04 bits per heavy atom. The minimum atomic E-state index is -4.75. The smallest absolute Gasteiger partial charge is 0.418 e. The minimum Gasteiger partial charge on any atom is -0.453 e. The van der Waals surface area contributed by atoms with Gasteiger partial charge in [-0.15, -0.1) is 0 Å². The number of aromatic nitrogens is 4. The Balaban J connectivity index is 0.000000840. The Morgan fingerprint density at radius 2 is 1.69 bits per heavy atom. The van der Waals surface area contributed by atoms with Crippen molar-refractivity contribution in [2.24, 2.45) is 5.73 Å². The third-order valence-electron chi connectivity index (χ3n) is 8.10. The zero-order chi connectivity index (χ0) is 35.0. The van der Waals surface area contributed by atoms with E-state index < -0.39 is 41.0 Å². The van der Waals surface area contributed by atoms with Crippen LogP contribution in [0.5, 0.6) is 0 Å². The number of hydrogen-bond acceptors (Lipinski definition) is 11. The third-order valence-corrected chi connectivity index (χ3v) is 8.10. The molecule has 48 heavy (non-hydrogen) atoms. The van der Waals surface area contributed by atoms with Gasteiger partial charge in [0.25, 0.3) is 5.91 Å². The lowest BCUT2D eigenvalue weighted by molar-refractivity contribution is -0.374. The standard InChI is InChI=1S/C28H29F3N6O6.C2H5NO2/c1-15-10-17-18(25(38)35-6-8-43-9-7-35)12-23(34-24(17)19(11-15)27(29,30)31)33-22-13-20-21(14-32-22)37(28(40,41)42)26(39)36(20)16-4-2-3-5-16;1-5-2(3)4/h10-14,16,40-42H,2-9H2,1H3,(H,32,33,34);1H3,(H2,3,4). The van der Waals surface area contributed by atoms with Crippen molar-refractivity contribution in [2.45, 2.75) is 50.9 Å². The lowest BCUT2D eigenvalue weighted by atomic mass is 10.00. The van der Waals surface area contributed by atoms with Gasteiger partial charge in [0.15, 0.2) is 0 Å². The predicted octanol–water partition coefficient (Wildman–Crippen LogP) is 2.66. The molecule has 15 nitrogen and oxygen atoms in total. The monoisotopic (exact) mass is 677 g/mol. The van der Waals surface area contributed by atoms with Gasteiger partial charge in [-0.25, -0.2) is 24.1 Å². The number of hydrogen-bond donors (Lipinski definition) is 5. The number of nitrogens with zero attached hydrogens (tertiary/aromatic N) is 5. The van der Waals surface area contributed by atoms with Crippen molar-refractivity contribution < 1.29 is 47.6 Å². The number of carbonyl (C=O) groups excluding carboxylic acids is 2. The molecule has 0 unspecified atom stereocenters. The fourth-order valence-corrected chi connectivity index (χ4v) is 5.99. The topological polar surface area (TPSA) is 207 Å². The highest BCUT2D eigenvalue weighted by Crippen LogP contribution is 2.38. The number of rotatable bonds is 5. The van der Waals surface area contributed by atoms with Gasteiger partial charge < -0.3 is 40.7 Å². The Bertz CT molecular complexity index is 1910. The average molecular weight is 678 g/mol. The summed E-state index contributed by atoms with van der Waals surface area (Å²) in [4.78, 5) is 46.1. The molecule has 4 aromatic rings. The highest BCUT2D eigenvalue weighted by Gasteiger charge is 2.36. The van der Waals surface area contributed by atoms with Crippen LogP contribution in [0.3, 0.4) is 0 Å². The van der Waals surface area contributed by atoms with E-state index in [0.29, 0.717) is 36.2 Å². The number of nitrogens with two attached hydrogens (primary N) is 1. The van der Waals surface area contributed by atoms with Crippen molar-refractivity contribution in [3.05, 3.63) is 57.6 Å². The van der Waals surface area contributed by atoms with Gasteiger partial charge in [0.1, 0.15) is 11.6 Å². The van der Waals surface area contributed by atoms with E-state index in [2.05, 4.69) is 25.8 Å². The van der Waals surface area contributed by atoms with Crippen molar-refractivity contribution in [1.29, 1.82) is 0 Å². The van der Waals surface area contributed by atoms with E-state index in [1.807, 2.05) is 0 Å². The minimum absolute atomic E-state index is 0.0179. The van der Waals surface area contributed by atoms with Gasteiger partial charge in [-0.2, -0.15) is 13.2 Å². The first-order valence-corrected chi connectivity index (χ1v) is 14.9. The molecule has 6 N–H and O–H groups in total. The molecule has 0 spiro atoms. The van der Waals surface area contributed by atoms with Gasteiger partial charge in [0, 0.05) is 30.6 Å². The van der Waals surface area contributed by atoms with Crippen LogP contribution in [0.1, 0.15) is 53.2 Å². The number of primary amides is 1. The molecule has 2 aliphatic rings. The second-order valence-corrected chi connectivity index (χ2v) is 11.4. The molecule has 2 amide bonds. The molecule has 1 aliphatic carbocycles. The molecular formula is C30H34F3N7O8. The first-order valence-electron chi connectivity index (χ1n) is 14.9. The van der Waals surface area contributed by atoms with E-state index in [9.17, 15) is 42.9 Å². The maximum atomic E-state index is 14.2. The van der Waals surface area contributed by atoms with Crippen molar-refractivity contribution in [2.75, 3.05) is 38.7 Å². The maximum absolute atomic E-state index is 14.2. The van der Waals surface area contributed by atoms with Crippen LogP contribution in [-0.4, -0.2) is 84.7 Å². The molecule has 0 atom stereocenters. The van der Waals surface area contributed by atoms with Gasteiger partial charge >= 0.3 is 24.1 Å². The summed E-state index contributed by atoms with van der Waals surface area (Å²) in [5.41, 5.74) is 2.63. The predicted molar refractivity (Wildman–Crippen MR) is 164 cm³/mol. The molecule has 18 heteroatoms. The number of aryl methyl sites for hydroxylation is 1. The summed E-state index contributed by atoms with van der Waals surface area (Å²) in [5, 5.41) is 32.6. The van der Waals surface area contributed by atoms with Crippen LogP contribution in [0.2, 0.25) is 0 Å². The number of fused-ring (bicyclic) bond motifs is 2. The molecule has 2 fully saturated rings. The van der Waals surface area contributed by atoms with Crippen LogP contribution in [0, 0.1) is 6.92 Å². The lowest BCUT2D eigenvalue weighted by Crippen LogP contribution is -2.41. The van der Waals surface area contributed by atoms with Gasteiger partial charge in [0.05, 0.1) is 54.2 Å². The van der Waals surface area contributed by atoms with Gasteiger partial charge in [-0.1, -0.05) is 12.8 Å². The summed E-state index contributed by atoms with van der Waals surface area (Å²) in [5.74, 6) is -0.508. The Kier molecular flexibility index (Phi) is 9.63. The highest BCUT2D eigenvalue weighted by atomic mass is 19.4. The van der Waals surface area contributed by atoms with Crippen LogP contribution in [0.25, 0.3) is 21.9 Å². The largest absolute Gasteiger partial charge is 0.453 e. The quantitative estimate of drug-likeness (QED) is 0.194. The number of ether oxygens (including phenoxy) is 2. The summed E-state index contributed by atoms with van der Waals surface area (Å²) in [7, 11) is 1.22. The number of nitrogens with one attached hydrogen (secondary N) is 1. The van der Waals surface area contributed by atoms with E-state index in [-0.39, 0.29) is 52.8 Å². The second kappa shape index (κ2) is 13.4. The molecule has 3 aromatic heterocycles. The van der Waals surface area contributed by atoms with Crippen LogP contribution in [-0.2, 0) is 21.7 Å². The first-order chi connectivity index (χ1) is 22.6. The Morgan fingerprint density at radius 3 is 2.27 bits per heavy atom. The number of benzene rings is 1. The number of aliphatic hydroxyl groups is 3. The summed E-state index contributed by atoms with van der Waals surface area (Å²) in [6.07, 6.45) is -4.85. The van der Waals surface area contributed by atoms with Crippen LogP contribution in [0.15, 0.2) is 35.3 Å². The zero-order valence-corrected chi connectivity index (χ0v) is 26.0. The number of imidazole rings is 1. The van der Waals surface area contributed by atoms with E-state index in [1.165, 1.54) is 41.7 Å². The molecular weight excluding hydrogens is 643 g/mol. The third kappa shape index (κ3) is 7.05. The molecule has 1 aliphatic heterocycles. The molecule has 0 radical (unpaired) electrons. The second-order valence-electron chi connectivity index (χ2n) is 11.4. The number of alkyl halides is 3. The highest BCUT2D eigenvalue weighted by molar-refractivity contribution is 6.08. The molecule has 1 saturated carbocycles. The summed E-state index contributed by atoms with van der Waals surface area (Å²) >= 11 is 0. The normalized spacial score (nSPS) is 15.8. The maximum Gasteiger partial charge on any atom is 0.418 e. The molecule has 6 rings (SSSR count). The SMILES string of the molecule is COC(N)=O.Cc1cc(C(F)(F)F)c2nc(Nc3cc4c(cn3)n(C(O)(O)O)c(=O)n4C3CCCC3)cc(C(=O)N3CCOCC3)c2c1. The van der Waals surface area contributed by atoms with Gasteiger partial charge in [-0.3, -0.25) is 9.36 Å². The number of anilines is 2. The van der Waals surface area contributed by atoms with Gasteiger partial charge in [-0.05, 0) is 43.5 Å². The van der Waals surface area contributed by atoms with E-state index in [0.717, 1.165) is 25.1 Å². The van der Waals surface area contributed by atoms with E-state index in [4.69, 9.17) is 4.74 Å². The average Bonchev–Trinajstić information content (AvgIpc) is 3.65. The van der Waals surface area contributed by atoms with E-state index in [1.54, 1.807) is 0 Å². The number of methoxy groups -OCH3 is 1. The van der Waals surface area contributed by atoms with Gasteiger partial charge in [0.2, 0.25) is 0 Å². The number of halogens is 3. The van der Waals surface area contributed by atoms with Crippen molar-refractivity contribution in [3.8, 4) is 0 Å². The summed E-state index contributed by atoms with van der Waals surface area (Å²) < 4.78 is 53.5. The molecule has 0 bridgehead atoms. The molecule has 258 valence electrons. The zero-order valence-electron chi connectivity index (χ0n) is 26.0. The Labute approximate surface area is 270 Å². The Hall–Kier alpha value is -4.78. The first kappa shape index (κ1) is 34.6. The van der Waals surface area contributed by atoms with E-state index >= 15 is 0 Å². The van der Waals surface area contributed by atoms with Crippen LogP contribution >= 0.6 is 0 Å². The summed E-state index contributed by atoms with van der Waals surface area (Å²) in [6.45, 7) is 2.67. The molecule has 4 heterocycles. The van der Waals surface area contributed by atoms with Crippen molar-refractivity contribution >= 4 is 45.6 Å².